The van der Waals surface area contributed by atoms with Gasteiger partial charge >= 0.3 is 0 Å². The van der Waals surface area contributed by atoms with Crippen LogP contribution < -0.4 is 5.73 Å². The first-order chi connectivity index (χ1) is 9.29. The summed E-state index contributed by atoms with van der Waals surface area (Å²) in [7, 11) is 0. The van der Waals surface area contributed by atoms with Crippen LogP contribution >= 0.6 is 0 Å². The minimum absolute atomic E-state index is 0.557. The zero-order valence-corrected chi connectivity index (χ0v) is 11.7. The molecule has 0 aliphatic rings. The number of imidazole rings is 1. The normalized spacial score (nSPS) is 10.8. The molecule has 2 rings (SSSR count). The number of anilines is 1. The van der Waals surface area contributed by atoms with Crippen LogP contribution in [-0.4, -0.2) is 9.97 Å². The van der Waals surface area contributed by atoms with Crippen LogP contribution in [0.5, 0.6) is 0 Å². The number of hydrogen-bond donors (Lipinski definition) is 2. The number of H-pyrrole nitrogens is 1. The molecule has 0 saturated carbocycles. The molecule has 0 saturated heterocycles. The lowest BCUT2D eigenvalue weighted by molar-refractivity contribution is 0.716. The minimum Gasteiger partial charge on any atom is -0.369 e. The van der Waals surface area contributed by atoms with Gasteiger partial charge in [0, 0.05) is 5.69 Å². The molecule has 19 heavy (non-hydrogen) atoms. The number of nitrogen functional groups attached to an aromatic ring is 1. The number of aromatic nitrogens is 2. The number of hydrogen-bond acceptors (Lipinski definition) is 2. The van der Waals surface area contributed by atoms with Gasteiger partial charge in [0.2, 0.25) is 0 Å². The molecule has 0 amide bonds. The Hall–Kier alpha value is -1.77. The van der Waals surface area contributed by atoms with Crippen LogP contribution in [0.2, 0.25) is 0 Å². The predicted octanol–water partition coefficient (Wildman–Crippen LogP) is 3.51. The van der Waals surface area contributed by atoms with Crippen LogP contribution in [0.3, 0.4) is 0 Å². The summed E-state index contributed by atoms with van der Waals surface area (Å²) in [6.07, 6.45) is 6.69. The van der Waals surface area contributed by atoms with Crippen molar-refractivity contribution in [1.82, 2.24) is 9.97 Å². The average molecular weight is 257 g/mol. The molecular formula is C16H23N3. The third kappa shape index (κ3) is 4.12. The van der Waals surface area contributed by atoms with Crippen LogP contribution in [0.1, 0.15) is 43.1 Å². The van der Waals surface area contributed by atoms with Gasteiger partial charge < -0.3 is 10.7 Å². The maximum absolute atomic E-state index is 5.74. The van der Waals surface area contributed by atoms with Crippen molar-refractivity contribution >= 4 is 5.95 Å². The molecule has 2 aromatic rings. The van der Waals surface area contributed by atoms with Gasteiger partial charge in [0.15, 0.2) is 5.95 Å². The molecule has 0 bridgehead atoms. The van der Waals surface area contributed by atoms with Gasteiger partial charge in [-0.15, -0.1) is 0 Å². The molecule has 0 aliphatic carbocycles. The standard InChI is InChI=1S/C16H23N3/c1-2-8-14-15(19-16(17)18-14)12-7-6-11-13-9-4-3-5-10-13/h3-5,9-10H,2,6-8,11-12H2,1H3,(H3,17,18,19). The van der Waals surface area contributed by atoms with Gasteiger partial charge in [-0.2, -0.15) is 0 Å². The fourth-order valence-corrected chi connectivity index (χ4v) is 2.40. The fraction of sp³-hybridized carbons (Fsp3) is 0.438. The molecule has 1 aromatic heterocycles. The summed E-state index contributed by atoms with van der Waals surface area (Å²) in [5.41, 5.74) is 9.53. The second-order valence-corrected chi connectivity index (χ2v) is 4.99. The quantitative estimate of drug-likeness (QED) is 0.746. The van der Waals surface area contributed by atoms with Gasteiger partial charge in [0.25, 0.3) is 0 Å². The number of nitrogens with one attached hydrogen (secondary N) is 1. The van der Waals surface area contributed by atoms with E-state index in [-0.39, 0.29) is 0 Å². The first-order valence-electron chi connectivity index (χ1n) is 7.16. The predicted molar refractivity (Wildman–Crippen MR) is 80.1 cm³/mol. The van der Waals surface area contributed by atoms with Crippen molar-refractivity contribution < 1.29 is 0 Å². The Balaban J connectivity index is 1.79. The molecule has 0 atom stereocenters. The van der Waals surface area contributed by atoms with E-state index in [0.29, 0.717) is 5.95 Å². The van der Waals surface area contributed by atoms with E-state index in [1.807, 2.05) is 0 Å². The molecule has 0 fully saturated rings. The van der Waals surface area contributed by atoms with Crippen LogP contribution in [0.4, 0.5) is 5.95 Å². The topological polar surface area (TPSA) is 54.7 Å². The molecule has 0 unspecified atom stereocenters. The summed E-state index contributed by atoms with van der Waals surface area (Å²) in [6.45, 7) is 2.18. The Bertz CT molecular complexity index is 488. The van der Waals surface area contributed by atoms with E-state index in [0.717, 1.165) is 37.8 Å². The smallest absolute Gasteiger partial charge is 0.197 e. The van der Waals surface area contributed by atoms with Crippen molar-refractivity contribution in [3.8, 4) is 0 Å². The highest BCUT2D eigenvalue weighted by atomic mass is 15.0. The van der Waals surface area contributed by atoms with E-state index in [9.17, 15) is 0 Å². The van der Waals surface area contributed by atoms with E-state index in [2.05, 4.69) is 47.2 Å². The second kappa shape index (κ2) is 6.98. The number of nitrogens with two attached hydrogens (primary N) is 1. The van der Waals surface area contributed by atoms with Crippen LogP contribution in [-0.2, 0) is 19.3 Å². The summed E-state index contributed by atoms with van der Waals surface area (Å²) >= 11 is 0. The molecule has 1 heterocycles. The van der Waals surface area contributed by atoms with Gasteiger partial charge in [0.1, 0.15) is 0 Å². The lowest BCUT2D eigenvalue weighted by Gasteiger charge is -2.02. The lowest BCUT2D eigenvalue weighted by atomic mass is 10.0. The van der Waals surface area contributed by atoms with E-state index < -0.39 is 0 Å². The van der Waals surface area contributed by atoms with Gasteiger partial charge in [-0.25, -0.2) is 4.98 Å². The Kier molecular flexibility index (Phi) is 5.01. The summed E-state index contributed by atoms with van der Waals surface area (Å²) in [6, 6.07) is 10.6. The number of benzene rings is 1. The SMILES string of the molecule is CCCc1[nH]c(N)nc1CCCCc1ccccc1. The summed E-state index contributed by atoms with van der Waals surface area (Å²) in [5, 5.41) is 0. The van der Waals surface area contributed by atoms with Gasteiger partial charge in [-0.1, -0.05) is 43.7 Å². The zero-order chi connectivity index (χ0) is 13.5. The average Bonchev–Trinajstić information content (AvgIpc) is 2.77. The maximum atomic E-state index is 5.74. The van der Waals surface area contributed by atoms with Crippen molar-refractivity contribution in [1.29, 1.82) is 0 Å². The van der Waals surface area contributed by atoms with E-state index in [4.69, 9.17) is 5.73 Å². The van der Waals surface area contributed by atoms with Crippen molar-refractivity contribution in [3.05, 3.63) is 47.3 Å². The van der Waals surface area contributed by atoms with Crippen molar-refractivity contribution in [3.63, 3.8) is 0 Å². The molecular weight excluding hydrogens is 234 g/mol. The first kappa shape index (κ1) is 13.7. The Morgan fingerprint density at radius 1 is 1.05 bits per heavy atom. The van der Waals surface area contributed by atoms with E-state index in [1.165, 1.54) is 17.7 Å². The van der Waals surface area contributed by atoms with E-state index >= 15 is 0 Å². The van der Waals surface area contributed by atoms with Gasteiger partial charge in [0.05, 0.1) is 5.69 Å². The van der Waals surface area contributed by atoms with Crippen molar-refractivity contribution in [2.75, 3.05) is 5.73 Å². The molecule has 102 valence electrons. The summed E-state index contributed by atoms with van der Waals surface area (Å²) in [5.74, 6) is 0.557. The monoisotopic (exact) mass is 257 g/mol. The molecule has 1 aromatic carbocycles. The van der Waals surface area contributed by atoms with Crippen molar-refractivity contribution in [2.24, 2.45) is 0 Å². The lowest BCUT2D eigenvalue weighted by Crippen LogP contribution is -1.94. The first-order valence-corrected chi connectivity index (χ1v) is 7.16. The number of aromatic amines is 1. The third-order valence-electron chi connectivity index (χ3n) is 3.35. The highest BCUT2D eigenvalue weighted by Gasteiger charge is 2.07. The zero-order valence-electron chi connectivity index (χ0n) is 11.7. The Morgan fingerprint density at radius 3 is 2.53 bits per heavy atom. The Labute approximate surface area is 115 Å². The van der Waals surface area contributed by atoms with Gasteiger partial charge in [-0.05, 0) is 37.7 Å². The number of unbranched alkanes of at least 4 members (excludes halogenated alkanes) is 1. The molecule has 0 aliphatic heterocycles. The molecule has 3 N–H and O–H groups in total. The third-order valence-corrected chi connectivity index (χ3v) is 3.35. The molecule has 3 heteroatoms. The maximum Gasteiger partial charge on any atom is 0.197 e. The Morgan fingerprint density at radius 2 is 1.79 bits per heavy atom. The minimum atomic E-state index is 0.557. The second-order valence-electron chi connectivity index (χ2n) is 4.99. The van der Waals surface area contributed by atoms with Crippen LogP contribution in [0.25, 0.3) is 0 Å². The highest BCUT2D eigenvalue weighted by Crippen LogP contribution is 2.14. The van der Waals surface area contributed by atoms with E-state index in [1.54, 1.807) is 0 Å². The number of nitrogens with zero attached hydrogens (tertiary/aromatic N) is 1. The van der Waals surface area contributed by atoms with Gasteiger partial charge in [-0.3, -0.25) is 0 Å². The number of aryl methyl sites for hydroxylation is 3. The highest BCUT2D eigenvalue weighted by molar-refractivity contribution is 5.26. The van der Waals surface area contributed by atoms with Crippen molar-refractivity contribution in [2.45, 2.75) is 45.4 Å². The molecule has 0 radical (unpaired) electrons. The largest absolute Gasteiger partial charge is 0.369 e. The summed E-state index contributed by atoms with van der Waals surface area (Å²) < 4.78 is 0. The fourth-order valence-electron chi connectivity index (χ4n) is 2.40. The van der Waals surface area contributed by atoms with Crippen LogP contribution in [0.15, 0.2) is 30.3 Å². The number of rotatable bonds is 7. The summed E-state index contributed by atoms with van der Waals surface area (Å²) in [4.78, 5) is 7.57. The molecule has 3 nitrogen and oxygen atoms in total. The van der Waals surface area contributed by atoms with Crippen LogP contribution in [0, 0.1) is 0 Å². The molecule has 0 spiro atoms.